The summed E-state index contributed by atoms with van der Waals surface area (Å²) in [7, 11) is 0. The van der Waals surface area contributed by atoms with Crippen molar-refractivity contribution >= 4 is 28.9 Å². The van der Waals surface area contributed by atoms with Gasteiger partial charge in [0.1, 0.15) is 0 Å². The lowest BCUT2D eigenvalue weighted by molar-refractivity contribution is -0.143. The van der Waals surface area contributed by atoms with Crippen LogP contribution in [0.4, 0.5) is 32.0 Å². The predicted octanol–water partition coefficient (Wildman–Crippen LogP) is 6.36. The van der Waals surface area contributed by atoms with Crippen LogP contribution in [0.15, 0.2) is 78.9 Å². The summed E-state index contributed by atoms with van der Waals surface area (Å²) in [5, 5.41) is 11.5. The summed E-state index contributed by atoms with van der Waals surface area (Å²) in [5.41, 5.74) is -2.02. The van der Waals surface area contributed by atoms with Crippen LogP contribution in [0, 0.1) is 0 Å². The molecule has 3 aromatic carbocycles. The molecule has 1 saturated heterocycles. The van der Waals surface area contributed by atoms with E-state index in [2.05, 4.69) is 21.3 Å². The van der Waals surface area contributed by atoms with Gasteiger partial charge in [0.2, 0.25) is 5.91 Å². The van der Waals surface area contributed by atoms with Gasteiger partial charge in [-0.25, -0.2) is 0 Å². The molecule has 4 N–H and O–H groups in total. The molecular formula is C28H26F6N4OS. The zero-order valence-corrected chi connectivity index (χ0v) is 21.8. The van der Waals surface area contributed by atoms with E-state index in [1.165, 1.54) is 0 Å². The smallest absolute Gasteiger partial charge is 0.353 e. The van der Waals surface area contributed by atoms with Crippen molar-refractivity contribution in [2.24, 2.45) is 0 Å². The Morgan fingerprint density at radius 2 is 1.30 bits per heavy atom. The third kappa shape index (κ3) is 7.51. The summed E-state index contributed by atoms with van der Waals surface area (Å²) in [6.07, 6.45) is -8.50. The van der Waals surface area contributed by atoms with E-state index in [0.29, 0.717) is 30.7 Å². The van der Waals surface area contributed by atoms with Gasteiger partial charge in [0.15, 0.2) is 5.11 Å². The number of halogens is 6. The number of rotatable bonds is 7. The second-order valence-corrected chi connectivity index (χ2v) is 9.74. The van der Waals surface area contributed by atoms with Gasteiger partial charge in [-0.05, 0) is 60.9 Å². The highest BCUT2D eigenvalue weighted by Crippen LogP contribution is 2.38. The largest absolute Gasteiger partial charge is 0.416 e. The SMILES string of the molecule is O=C(N[C@H](c1ccccc1)[C@H](NC(=S)Nc1cc(C(F)(F)F)cc(C(F)(F)F)c1)c1ccccc1)C1CCCN1. The maximum atomic E-state index is 13.4. The van der Waals surface area contributed by atoms with Crippen molar-refractivity contribution in [3.05, 3.63) is 101 Å². The molecule has 4 rings (SSSR count). The summed E-state index contributed by atoms with van der Waals surface area (Å²) in [5.74, 6) is -0.236. The van der Waals surface area contributed by atoms with Crippen LogP contribution in [-0.4, -0.2) is 23.6 Å². The first-order valence-electron chi connectivity index (χ1n) is 12.4. The molecule has 212 valence electrons. The fourth-order valence-corrected chi connectivity index (χ4v) is 4.78. The number of hydrogen-bond donors (Lipinski definition) is 4. The molecule has 1 aliphatic heterocycles. The maximum absolute atomic E-state index is 13.4. The quantitative estimate of drug-likeness (QED) is 0.194. The Morgan fingerprint density at radius 3 is 1.75 bits per heavy atom. The van der Waals surface area contributed by atoms with Gasteiger partial charge in [0, 0.05) is 5.69 Å². The lowest BCUT2D eigenvalue weighted by Gasteiger charge is -2.32. The Morgan fingerprint density at radius 1 is 0.800 bits per heavy atom. The lowest BCUT2D eigenvalue weighted by Crippen LogP contribution is -2.47. The van der Waals surface area contributed by atoms with E-state index in [4.69, 9.17) is 12.2 Å². The van der Waals surface area contributed by atoms with Crippen LogP contribution >= 0.6 is 12.2 Å². The van der Waals surface area contributed by atoms with Gasteiger partial charge in [0.25, 0.3) is 0 Å². The van der Waals surface area contributed by atoms with Crippen LogP contribution < -0.4 is 21.3 Å². The molecule has 1 amide bonds. The second kappa shape index (κ2) is 12.3. The van der Waals surface area contributed by atoms with Gasteiger partial charge in [-0.1, -0.05) is 60.7 Å². The van der Waals surface area contributed by atoms with Gasteiger partial charge in [-0.2, -0.15) is 26.3 Å². The van der Waals surface area contributed by atoms with E-state index in [1.807, 2.05) is 18.2 Å². The standard InChI is InChI=1S/C28H26F6N4OS/c29-27(30,31)19-14-20(28(32,33)34)16-21(15-19)36-26(40)38-24(18-10-5-2-6-11-18)23(17-8-3-1-4-9-17)37-25(39)22-12-7-13-35-22/h1-6,8-11,14-16,22-24,35H,7,12-13H2,(H,37,39)(H2,36,38,40)/t22?,23-,24-/m1/s1. The van der Waals surface area contributed by atoms with Gasteiger partial charge in [-0.3, -0.25) is 4.79 Å². The van der Waals surface area contributed by atoms with E-state index in [1.54, 1.807) is 42.5 Å². The molecule has 3 aromatic rings. The van der Waals surface area contributed by atoms with Gasteiger partial charge < -0.3 is 21.3 Å². The van der Waals surface area contributed by atoms with Crippen LogP contribution in [0.2, 0.25) is 0 Å². The number of thiocarbonyl (C=S) groups is 1. The first kappa shape index (κ1) is 29.3. The number of carbonyl (C=O) groups excluding carboxylic acids is 1. The molecule has 1 fully saturated rings. The van der Waals surface area contributed by atoms with Crippen molar-refractivity contribution in [1.82, 2.24) is 16.0 Å². The van der Waals surface area contributed by atoms with E-state index < -0.39 is 47.3 Å². The summed E-state index contributed by atoms with van der Waals surface area (Å²) >= 11 is 5.37. The minimum atomic E-state index is -5.00. The highest BCUT2D eigenvalue weighted by molar-refractivity contribution is 7.80. The first-order chi connectivity index (χ1) is 18.9. The highest BCUT2D eigenvalue weighted by Gasteiger charge is 2.37. The Hall–Kier alpha value is -3.64. The normalized spacial score (nSPS) is 17.1. The molecular weight excluding hydrogens is 554 g/mol. The van der Waals surface area contributed by atoms with Crippen LogP contribution in [0.3, 0.4) is 0 Å². The zero-order valence-electron chi connectivity index (χ0n) is 20.9. The van der Waals surface area contributed by atoms with Crippen LogP contribution in [0.1, 0.15) is 47.2 Å². The van der Waals surface area contributed by atoms with Crippen molar-refractivity contribution in [2.45, 2.75) is 43.3 Å². The average Bonchev–Trinajstić information content (AvgIpc) is 3.46. The average molecular weight is 581 g/mol. The molecule has 0 radical (unpaired) electrons. The zero-order chi connectivity index (χ0) is 28.9. The number of anilines is 1. The lowest BCUT2D eigenvalue weighted by atomic mass is 9.93. The monoisotopic (exact) mass is 580 g/mol. The molecule has 12 heteroatoms. The van der Waals surface area contributed by atoms with Crippen LogP contribution in [0.5, 0.6) is 0 Å². The van der Waals surface area contributed by atoms with Gasteiger partial charge >= 0.3 is 12.4 Å². The van der Waals surface area contributed by atoms with Crippen molar-refractivity contribution in [3.63, 3.8) is 0 Å². The first-order valence-corrected chi connectivity index (χ1v) is 12.8. The Kier molecular flexibility index (Phi) is 8.99. The third-order valence-corrected chi connectivity index (χ3v) is 6.68. The highest BCUT2D eigenvalue weighted by atomic mass is 32.1. The number of alkyl halides is 6. The number of amides is 1. The van der Waals surface area contributed by atoms with Crippen molar-refractivity contribution in [3.8, 4) is 0 Å². The molecule has 0 spiro atoms. The number of hydrogen-bond acceptors (Lipinski definition) is 3. The number of benzene rings is 3. The molecule has 0 aliphatic carbocycles. The summed E-state index contributed by atoms with van der Waals surface area (Å²) in [6.45, 7) is 0.708. The van der Waals surface area contributed by atoms with E-state index >= 15 is 0 Å². The summed E-state index contributed by atoms with van der Waals surface area (Å²) in [4.78, 5) is 13.1. The predicted molar refractivity (Wildman–Crippen MR) is 143 cm³/mol. The fourth-order valence-electron chi connectivity index (χ4n) is 4.54. The van der Waals surface area contributed by atoms with Crippen molar-refractivity contribution in [2.75, 3.05) is 11.9 Å². The maximum Gasteiger partial charge on any atom is 0.416 e. The van der Waals surface area contributed by atoms with Gasteiger partial charge in [0.05, 0.1) is 29.3 Å². The molecule has 1 aliphatic rings. The van der Waals surface area contributed by atoms with Crippen LogP contribution in [-0.2, 0) is 17.1 Å². The minimum absolute atomic E-state index is 0.0481. The molecule has 1 unspecified atom stereocenters. The number of carbonyl (C=O) groups is 1. The van der Waals surface area contributed by atoms with Crippen LogP contribution in [0.25, 0.3) is 0 Å². The molecule has 0 saturated carbocycles. The van der Waals surface area contributed by atoms with Crippen molar-refractivity contribution < 1.29 is 31.1 Å². The molecule has 3 atom stereocenters. The summed E-state index contributed by atoms with van der Waals surface area (Å²) in [6, 6.07) is 17.3. The molecule has 1 heterocycles. The Balaban J connectivity index is 1.66. The molecule has 40 heavy (non-hydrogen) atoms. The summed E-state index contributed by atoms with van der Waals surface area (Å²) < 4.78 is 80.2. The Labute approximate surface area is 232 Å². The molecule has 0 aromatic heterocycles. The second-order valence-electron chi connectivity index (χ2n) is 9.33. The fraction of sp³-hybridized carbons (Fsp3) is 0.286. The third-order valence-electron chi connectivity index (χ3n) is 6.46. The Bertz CT molecular complexity index is 1280. The number of nitrogens with one attached hydrogen (secondary N) is 4. The van der Waals surface area contributed by atoms with Crippen molar-refractivity contribution in [1.29, 1.82) is 0 Å². The molecule has 0 bridgehead atoms. The van der Waals surface area contributed by atoms with E-state index in [9.17, 15) is 31.1 Å². The van der Waals surface area contributed by atoms with E-state index in [0.717, 1.165) is 12.0 Å². The molecule has 5 nitrogen and oxygen atoms in total. The van der Waals surface area contributed by atoms with E-state index in [-0.39, 0.29) is 17.1 Å². The minimum Gasteiger partial charge on any atom is -0.353 e. The topological polar surface area (TPSA) is 65.2 Å². The van der Waals surface area contributed by atoms with Gasteiger partial charge in [-0.15, -0.1) is 0 Å².